The summed E-state index contributed by atoms with van der Waals surface area (Å²) in [6, 6.07) is 29.3. The maximum absolute atomic E-state index is 6.17. The number of hydrogen-bond acceptors (Lipinski definition) is 1. The molecule has 0 aromatic heterocycles. The van der Waals surface area contributed by atoms with Gasteiger partial charge in [0.15, 0.2) is 0 Å². The van der Waals surface area contributed by atoms with E-state index in [9.17, 15) is 0 Å². The van der Waals surface area contributed by atoms with E-state index in [-0.39, 0.29) is 0 Å². The number of nitrogens with two attached hydrogens (primary N) is 1. The molecule has 0 aliphatic carbocycles. The summed E-state index contributed by atoms with van der Waals surface area (Å²) < 4.78 is 0. The minimum Gasteiger partial charge on any atom is -0.399 e. The number of anilines is 1. The molecular weight excluding hydrogens is 337 g/mol. The summed E-state index contributed by atoms with van der Waals surface area (Å²) in [4.78, 5) is 0. The number of aryl methyl sites for hydroxylation is 1. The molecule has 0 unspecified atom stereocenters. The first kappa shape index (κ1) is 18.1. The van der Waals surface area contributed by atoms with Crippen LogP contribution in [0.4, 0.5) is 5.69 Å². The van der Waals surface area contributed by atoms with Crippen LogP contribution in [0.3, 0.4) is 0 Å². The van der Waals surface area contributed by atoms with E-state index >= 15 is 0 Å². The van der Waals surface area contributed by atoms with Gasteiger partial charge in [-0.3, -0.25) is 0 Å². The second-order valence-corrected chi connectivity index (χ2v) is 7.22. The zero-order valence-electron chi connectivity index (χ0n) is 16.2. The van der Waals surface area contributed by atoms with Crippen LogP contribution in [0, 0.1) is 13.8 Å². The van der Waals surface area contributed by atoms with Gasteiger partial charge in [0.25, 0.3) is 0 Å². The number of nitrogen functional groups attached to an aromatic ring is 1. The summed E-state index contributed by atoms with van der Waals surface area (Å²) in [5.74, 6) is 0. The number of fused-ring (bicyclic) bond motifs is 4. The van der Waals surface area contributed by atoms with Gasteiger partial charge in [-0.15, -0.1) is 0 Å². The van der Waals surface area contributed by atoms with Crippen molar-refractivity contribution in [2.45, 2.75) is 13.8 Å². The van der Waals surface area contributed by atoms with E-state index in [1.54, 1.807) is 0 Å². The Labute approximate surface area is 167 Å². The van der Waals surface area contributed by atoms with Crippen molar-refractivity contribution in [2.75, 3.05) is 5.73 Å². The van der Waals surface area contributed by atoms with Crippen molar-refractivity contribution in [1.82, 2.24) is 0 Å². The lowest BCUT2D eigenvalue weighted by Gasteiger charge is -2.09. The topological polar surface area (TPSA) is 26.0 Å². The van der Waals surface area contributed by atoms with E-state index in [1.165, 1.54) is 38.1 Å². The molecule has 1 nitrogen and oxygen atoms in total. The van der Waals surface area contributed by atoms with Gasteiger partial charge in [-0.2, -0.15) is 0 Å². The summed E-state index contributed by atoms with van der Waals surface area (Å²) in [7, 11) is 6.17. The molecule has 2 heteroatoms. The van der Waals surface area contributed by atoms with Gasteiger partial charge in [0, 0.05) is 5.69 Å². The molecule has 0 aliphatic rings. The molecular formula is C26H22BN. The average Bonchev–Trinajstić information content (AvgIpc) is 2.71. The van der Waals surface area contributed by atoms with E-state index < -0.39 is 0 Å². The Morgan fingerprint density at radius 1 is 0.643 bits per heavy atom. The highest BCUT2D eigenvalue weighted by atomic mass is 14.5. The highest BCUT2D eigenvalue weighted by Gasteiger charge is 2.04. The molecule has 0 atom stereocenters. The van der Waals surface area contributed by atoms with E-state index in [2.05, 4.69) is 67.6 Å². The molecule has 5 aromatic carbocycles. The van der Waals surface area contributed by atoms with Gasteiger partial charge in [-0.1, -0.05) is 72.2 Å². The van der Waals surface area contributed by atoms with Crippen LogP contribution in [0.1, 0.15) is 11.1 Å². The standard InChI is InChI=1S/C18H11B.C8H11N/c19-17-7-3-6-12-8-9-15-10-13-4-1-2-5-14(13)11-16(15)18(12)17;1-6-4-3-5-8(9)7(6)2/h1-11H;3-5H,9H2,1-2H3. The molecule has 28 heavy (non-hydrogen) atoms. The molecule has 0 heterocycles. The molecule has 0 spiro atoms. The fourth-order valence-electron chi connectivity index (χ4n) is 3.60. The summed E-state index contributed by atoms with van der Waals surface area (Å²) in [5.41, 5.74) is 9.80. The summed E-state index contributed by atoms with van der Waals surface area (Å²) in [5, 5.41) is 7.35. The van der Waals surface area contributed by atoms with Crippen LogP contribution >= 0.6 is 0 Å². The normalized spacial score (nSPS) is 10.8. The maximum Gasteiger partial charge on any atom is 0.114 e. The Morgan fingerprint density at radius 2 is 1.29 bits per heavy atom. The van der Waals surface area contributed by atoms with Gasteiger partial charge in [0.2, 0.25) is 0 Å². The fourth-order valence-corrected chi connectivity index (χ4v) is 3.60. The molecule has 5 aromatic rings. The van der Waals surface area contributed by atoms with E-state index in [0.717, 1.165) is 16.5 Å². The molecule has 0 amide bonds. The lowest BCUT2D eigenvalue weighted by molar-refractivity contribution is 1.35. The second-order valence-electron chi connectivity index (χ2n) is 7.22. The van der Waals surface area contributed by atoms with Crippen molar-refractivity contribution < 1.29 is 0 Å². The minimum absolute atomic E-state index is 0.846. The van der Waals surface area contributed by atoms with Crippen LogP contribution in [0.2, 0.25) is 0 Å². The number of rotatable bonds is 0. The van der Waals surface area contributed by atoms with E-state index in [0.29, 0.717) is 0 Å². The third-order valence-corrected chi connectivity index (χ3v) is 5.41. The predicted octanol–water partition coefficient (Wildman–Crippen LogP) is 5.83. The van der Waals surface area contributed by atoms with Crippen LogP contribution in [0.15, 0.2) is 84.9 Å². The summed E-state index contributed by atoms with van der Waals surface area (Å²) in [6.45, 7) is 4.09. The Hall–Kier alpha value is -3.26. The maximum atomic E-state index is 6.17. The quantitative estimate of drug-likeness (QED) is 0.160. The molecule has 0 saturated carbocycles. The average molecular weight is 359 g/mol. The van der Waals surface area contributed by atoms with Crippen molar-refractivity contribution in [3.05, 3.63) is 96.1 Å². The van der Waals surface area contributed by atoms with Crippen LogP contribution in [0.25, 0.3) is 32.3 Å². The van der Waals surface area contributed by atoms with E-state index in [4.69, 9.17) is 13.6 Å². The van der Waals surface area contributed by atoms with Gasteiger partial charge in [0.05, 0.1) is 0 Å². The van der Waals surface area contributed by atoms with Crippen molar-refractivity contribution in [2.24, 2.45) is 0 Å². The van der Waals surface area contributed by atoms with Gasteiger partial charge < -0.3 is 5.73 Å². The molecule has 0 aliphatic heterocycles. The molecule has 0 fully saturated rings. The lowest BCUT2D eigenvalue weighted by Crippen LogP contribution is -2.03. The van der Waals surface area contributed by atoms with Crippen molar-refractivity contribution in [3.8, 4) is 0 Å². The molecule has 0 bridgehead atoms. The van der Waals surface area contributed by atoms with Crippen molar-refractivity contribution in [3.63, 3.8) is 0 Å². The van der Waals surface area contributed by atoms with Gasteiger partial charge in [0.1, 0.15) is 7.85 Å². The van der Waals surface area contributed by atoms with Crippen LogP contribution in [-0.2, 0) is 0 Å². The number of benzene rings is 5. The highest BCUT2D eigenvalue weighted by Crippen LogP contribution is 2.28. The Balaban J connectivity index is 0.000000181. The highest BCUT2D eigenvalue weighted by molar-refractivity contribution is 6.41. The Kier molecular flexibility index (Phi) is 4.79. The largest absolute Gasteiger partial charge is 0.399 e. The monoisotopic (exact) mass is 359 g/mol. The van der Waals surface area contributed by atoms with Crippen molar-refractivity contribution >= 4 is 51.3 Å². The first-order valence-electron chi connectivity index (χ1n) is 9.46. The van der Waals surface area contributed by atoms with E-state index in [1.807, 2.05) is 31.2 Å². The van der Waals surface area contributed by atoms with Crippen LogP contribution in [-0.4, -0.2) is 7.85 Å². The zero-order valence-corrected chi connectivity index (χ0v) is 16.2. The summed E-state index contributed by atoms with van der Waals surface area (Å²) >= 11 is 0. The summed E-state index contributed by atoms with van der Waals surface area (Å²) in [6.07, 6.45) is 0. The third-order valence-electron chi connectivity index (χ3n) is 5.41. The zero-order chi connectivity index (χ0) is 19.7. The molecule has 2 N–H and O–H groups in total. The SMILES string of the molecule is Cc1cccc(N)c1C.[B]c1cccc2ccc3cc4ccccc4cc3c12. The minimum atomic E-state index is 0.846. The first-order chi connectivity index (χ1) is 13.5. The van der Waals surface area contributed by atoms with Gasteiger partial charge in [-0.25, -0.2) is 0 Å². The Bertz CT molecular complexity index is 1280. The van der Waals surface area contributed by atoms with Gasteiger partial charge in [-0.05, 0) is 75.5 Å². The molecule has 0 saturated heterocycles. The molecule has 2 radical (unpaired) electrons. The predicted molar refractivity (Wildman–Crippen MR) is 125 cm³/mol. The van der Waals surface area contributed by atoms with Gasteiger partial charge >= 0.3 is 0 Å². The first-order valence-corrected chi connectivity index (χ1v) is 9.46. The smallest absolute Gasteiger partial charge is 0.114 e. The van der Waals surface area contributed by atoms with Crippen LogP contribution < -0.4 is 11.2 Å². The Morgan fingerprint density at radius 3 is 2.00 bits per heavy atom. The second kappa shape index (κ2) is 7.40. The van der Waals surface area contributed by atoms with Crippen molar-refractivity contribution in [1.29, 1.82) is 0 Å². The fraction of sp³-hybridized carbons (Fsp3) is 0.0769. The van der Waals surface area contributed by atoms with Crippen LogP contribution in [0.5, 0.6) is 0 Å². The third kappa shape index (κ3) is 3.34. The molecule has 5 rings (SSSR count). The number of hydrogen-bond donors (Lipinski definition) is 1. The molecule has 134 valence electrons. The lowest BCUT2D eigenvalue weighted by atomic mass is 9.87.